The highest BCUT2D eigenvalue weighted by Crippen LogP contribution is 2.26. The molecular formula is C15H20OS. The quantitative estimate of drug-likeness (QED) is 0.583. The zero-order valence-corrected chi connectivity index (χ0v) is 11.0. The lowest BCUT2D eigenvalue weighted by Gasteiger charge is -2.12. The Hall–Kier alpha value is -0.760. The van der Waals surface area contributed by atoms with Crippen molar-refractivity contribution < 1.29 is 4.79 Å². The molecule has 1 atom stereocenters. The zero-order chi connectivity index (χ0) is 11.9. The van der Waals surface area contributed by atoms with Crippen LogP contribution in [0, 0.1) is 5.92 Å². The minimum Gasteiger partial charge on any atom is -0.299 e. The van der Waals surface area contributed by atoms with Gasteiger partial charge in [0, 0.05) is 17.2 Å². The van der Waals surface area contributed by atoms with Gasteiger partial charge in [-0.25, -0.2) is 0 Å². The Bertz CT molecular complexity index is 347. The van der Waals surface area contributed by atoms with Crippen LogP contribution in [0.3, 0.4) is 0 Å². The Morgan fingerprint density at radius 1 is 1.12 bits per heavy atom. The van der Waals surface area contributed by atoms with Crippen molar-refractivity contribution in [2.75, 3.05) is 5.75 Å². The van der Waals surface area contributed by atoms with Gasteiger partial charge in [-0.1, -0.05) is 31.0 Å². The van der Waals surface area contributed by atoms with Crippen LogP contribution < -0.4 is 0 Å². The van der Waals surface area contributed by atoms with Gasteiger partial charge in [-0.3, -0.25) is 4.79 Å². The van der Waals surface area contributed by atoms with Gasteiger partial charge in [-0.15, -0.1) is 11.8 Å². The minimum atomic E-state index is 0.341. The average Bonchev–Trinajstić information content (AvgIpc) is 2.56. The molecule has 1 aromatic rings. The molecule has 1 saturated carbocycles. The van der Waals surface area contributed by atoms with E-state index in [4.69, 9.17) is 0 Å². The summed E-state index contributed by atoms with van der Waals surface area (Å²) in [6.45, 7) is 0. The van der Waals surface area contributed by atoms with Crippen LogP contribution in [0.2, 0.25) is 0 Å². The highest BCUT2D eigenvalue weighted by atomic mass is 32.2. The lowest BCUT2D eigenvalue weighted by Crippen LogP contribution is -2.13. The van der Waals surface area contributed by atoms with Gasteiger partial charge in [-0.05, 0) is 37.1 Å². The van der Waals surface area contributed by atoms with Crippen LogP contribution in [0.5, 0.6) is 0 Å². The van der Waals surface area contributed by atoms with Gasteiger partial charge < -0.3 is 0 Å². The average molecular weight is 248 g/mol. The fraction of sp³-hybridized carbons (Fsp3) is 0.533. The van der Waals surface area contributed by atoms with E-state index in [0.29, 0.717) is 11.7 Å². The third-order valence-electron chi connectivity index (χ3n) is 3.41. The third kappa shape index (κ3) is 4.19. The zero-order valence-electron chi connectivity index (χ0n) is 10.2. The lowest BCUT2D eigenvalue weighted by atomic mass is 9.96. The Kier molecular flexibility index (Phi) is 5.11. The van der Waals surface area contributed by atoms with Crippen molar-refractivity contribution in [1.29, 1.82) is 0 Å². The summed E-state index contributed by atoms with van der Waals surface area (Å²) < 4.78 is 0. The summed E-state index contributed by atoms with van der Waals surface area (Å²) in [5, 5.41) is 0. The summed E-state index contributed by atoms with van der Waals surface area (Å²) in [6.07, 6.45) is 6.59. The number of hydrogen-bond donors (Lipinski definition) is 0. The number of hydrogen-bond acceptors (Lipinski definition) is 2. The Labute approximate surface area is 108 Å². The fourth-order valence-corrected chi connectivity index (χ4v) is 3.36. The summed E-state index contributed by atoms with van der Waals surface area (Å²) in [6, 6.07) is 10.5. The molecule has 92 valence electrons. The van der Waals surface area contributed by atoms with E-state index in [0.717, 1.165) is 31.4 Å². The molecule has 0 bridgehead atoms. The van der Waals surface area contributed by atoms with Crippen molar-refractivity contribution in [2.24, 2.45) is 5.92 Å². The minimum absolute atomic E-state index is 0.341. The number of ketones is 1. The largest absolute Gasteiger partial charge is 0.299 e. The number of carbonyl (C=O) groups is 1. The molecule has 1 aromatic carbocycles. The van der Waals surface area contributed by atoms with Crippen LogP contribution in [0.4, 0.5) is 0 Å². The highest BCUT2D eigenvalue weighted by molar-refractivity contribution is 7.99. The van der Waals surface area contributed by atoms with Crippen molar-refractivity contribution in [3.63, 3.8) is 0 Å². The molecule has 17 heavy (non-hydrogen) atoms. The van der Waals surface area contributed by atoms with Crippen LogP contribution in [-0.4, -0.2) is 11.5 Å². The molecule has 2 rings (SSSR count). The van der Waals surface area contributed by atoms with Crippen molar-refractivity contribution in [2.45, 2.75) is 43.4 Å². The van der Waals surface area contributed by atoms with Crippen LogP contribution in [0.1, 0.15) is 38.5 Å². The fourth-order valence-electron chi connectivity index (χ4n) is 2.37. The summed E-state index contributed by atoms with van der Waals surface area (Å²) in [5.41, 5.74) is 0. The van der Waals surface area contributed by atoms with Crippen LogP contribution >= 0.6 is 11.8 Å². The van der Waals surface area contributed by atoms with E-state index in [2.05, 4.69) is 24.3 Å². The monoisotopic (exact) mass is 248 g/mol. The molecule has 0 aromatic heterocycles. The second-order valence-corrected chi connectivity index (χ2v) is 5.88. The first-order valence-electron chi connectivity index (χ1n) is 6.57. The van der Waals surface area contributed by atoms with Gasteiger partial charge in [0.15, 0.2) is 0 Å². The van der Waals surface area contributed by atoms with Crippen molar-refractivity contribution in [3.8, 4) is 0 Å². The molecule has 0 amide bonds. The molecule has 0 saturated heterocycles. The number of Topliss-reactive ketones (excluding diaryl/α,β-unsaturated/α-hetero) is 1. The Morgan fingerprint density at radius 3 is 2.76 bits per heavy atom. The Balaban J connectivity index is 1.75. The second-order valence-electron chi connectivity index (χ2n) is 4.71. The third-order valence-corrected chi connectivity index (χ3v) is 4.45. The van der Waals surface area contributed by atoms with Crippen molar-refractivity contribution in [1.82, 2.24) is 0 Å². The molecule has 1 fully saturated rings. The molecule has 1 nitrogen and oxygen atoms in total. The maximum absolute atomic E-state index is 11.8. The van der Waals surface area contributed by atoms with Gasteiger partial charge in [-0.2, -0.15) is 0 Å². The van der Waals surface area contributed by atoms with Crippen molar-refractivity contribution >= 4 is 17.5 Å². The van der Waals surface area contributed by atoms with Gasteiger partial charge in [0.1, 0.15) is 5.78 Å². The molecule has 1 unspecified atom stereocenters. The second kappa shape index (κ2) is 6.85. The molecule has 0 radical (unpaired) electrons. The summed E-state index contributed by atoms with van der Waals surface area (Å²) in [4.78, 5) is 13.2. The first-order chi connectivity index (χ1) is 8.36. The van der Waals surface area contributed by atoms with E-state index >= 15 is 0 Å². The SMILES string of the molecule is O=C1CCCCCC1CCSc1ccccc1. The molecule has 1 aliphatic carbocycles. The van der Waals surface area contributed by atoms with Crippen LogP contribution in [-0.2, 0) is 4.79 Å². The van der Waals surface area contributed by atoms with E-state index in [-0.39, 0.29) is 0 Å². The maximum atomic E-state index is 11.8. The van der Waals surface area contributed by atoms with E-state index in [9.17, 15) is 4.79 Å². The van der Waals surface area contributed by atoms with Crippen LogP contribution in [0.15, 0.2) is 35.2 Å². The van der Waals surface area contributed by atoms with Crippen LogP contribution in [0.25, 0.3) is 0 Å². The molecule has 0 aliphatic heterocycles. The summed E-state index contributed by atoms with van der Waals surface area (Å²) in [7, 11) is 0. The van der Waals surface area contributed by atoms with E-state index in [1.165, 1.54) is 17.7 Å². The molecule has 0 spiro atoms. The number of carbonyl (C=O) groups excluding carboxylic acids is 1. The van der Waals surface area contributed by atoms with Gasteiger partial charge >= 0.3 is 0 Å². The molecule has 0 heterocycles. The lowest BCUT2D eigenvalue weighted by molar-refractivity contribution is -0.122. The van der Waals surface area contributed by atoms with E-state index < -0.39 is 0 Å². The molecule has 0 N–H and O–H groups in total. The smallest absolute Gasteiger partial charge is 0.136 e. The molecule has 1 aliphatic rings. The number of benzene rings is 1. The normalized spacial score (nSPS) is 21.2. The number of rotatable bonds is 4. The van der Waals surface area contributed by atoms with Gasteiger partial charge in [0.2, 0.25) is 0 Å². The maximum Gasteiger partial charge on any atom is 0.136 e. The number of thioether (sulfide) groups is 1. The van der Waals surface area contributed by atoms with Gasteiger partial charge in [0.05, 0.1) is 0 Å². The Morgan fingerprint density at radius 2 is 1.94 bits per heavy atom. The molecule has 2 heteroatoms. The highest BCUT2D eigenvalue weighted by Gasteiger charge is 2.19. The standard InChI is InChI=1S/C15H20OS/c16-15-10-6-1-3-7-13(15)11-12-17-14-8-4-2-5-9-14/h2,4-5,8-9,13H,1,3,6-7,10-12H2. The summed E-state index contributed by atoms with van der Waals surface area (Å²) in [5.74, 6) is 1.92. The first kappa shape index (κ1) is 12.7. The van der Waals surface area contributed by atoms with E-state index in [1.807, 2.05) is 17.8 Å². The van der Waals surface area contributed by atoms with E-state index in [1.54, 1.807) is 0 Å². The van der Waals surface area contributed by atoms with Gasteiger partial charge in [0.25, 0.3) is 0 Å². The first-order valence-corrected chi connectivity index (χ1v) is 7.55. The predicted molar refractivity (Wildman–Crippen MR) is 73.4 cm³/mol. The predicted octanol–water partition coefficient (Wildman–Crippen LogP) is 4.32. The molecular weight excluding hydrogens is 228 g/mol. The van der Waals surface area contributed by atoms with Crippen molar-refractivity contribution in [3.05, 3.63) is 30.3 Å². The summed E-state index contributed by atoms with van der Waals surface area (Å²) >= 11 is 1.87. The topological polar surface area (TPSA) is 17.1 Å².